The van der Waals surface area contributed by atoms with E-state index < -0.39 is 0 Å². The number of aryl methyl sites for hydroxylation is 1. The second-order valence-electron chi connectivity index (χ2n) is 2.10. The summed E-state index contributed by atoms with van der Waals surface area (Å²) >= 11 is 2.16. The van der Waals surface area contributed by atoms with E-state index in [9.17, 15) is 0 Å². The van der Waals surface area contributed by atoms with Gasteiger partial charge >= 0.3 is 0 Å². The third-order valence-corrected chi connectivity index (χ3v) is 2.14. The molecule has 1 rings (SSSR count). The molecule has 0 fully saturated rings. The molecule has 0 spiro atoms. The molecule has 12 heavy (non-hydrogen) atoms. The van der Waals surface area contributed by atoms with Crippen molar-refractivity contribution in [2.75, 3.05) is 0 Å². The van der Waals surface area contributed by atoms with Crippen molar-refractivity contribution in [1.29, 1.82) is 5.26 Å². The highest BCUT2D eigenvalue weighted by molar-refractivity contribution is 14.1. The largest absolute Gasteiger partial charge is 0.192 e. The van der Waals surface area contributed by atoms with E-state index in [1.54, 1.807) is 0 Å². The van der Waals surface area contributed by atoms with Crippen molar-refractivity contribution < 1.29 is 0 Å². The van der Waals surface area contributed by atoms with Crippen molar-refractivity contribution in [3.8, 4) is 6.07 Å². The summed E-state index contributed by atoms with van der Waals surface area (Å²) in [7, 11) is 0. The van der Waals surface area contributed by atoms with Crippen LogP contribution >= 0.6 is 22.6 Å². The van der Waals surface area contributed by atoms with Crippen LogP contribution in [0.3, 0.4) is 0 Å². The fourth-order valence-corrected chi connectivity index (χ4v) is 1.50. The highest BCUT2D eigenvalue weighted by Gasteiger charge is 1.95. The quantitative estimate of drug-likeness (QED) is 0.664. The average molecular weight is 273 g/mol. The summed E-state index contributed by atoms with van der Waals surface area (Å²) < 4.78 is 1.03. The fourth-order valence-electron chi connectivity index (χ4n) is 0.711. The molecule has 0 saturated heterocycles. The first-order valence-electron chi connectivity index (χ1n) is 3.90. The molecule has 0 heterocycles. The number of hydrogen-bond acceptors (Lipinski definition) is 1. The van der Waals surface area contributed by atoms with E-state index >= 15 is 0 Å². The van der Waals surface area contributed by atoms with Gasteiger partial charge in [-0.05, 0) is 47.2 Å². The molecule has 0 unspecified atom stereocenters. The molecule has 0 aliphatic rings. The summed E-state index contributed by atoms with van der Waals surface area (Å²) in [5.74, 6) is 0. The third-order valence-electron chi connectivity index (χ3n) is 1.25. The molecule has 0 radical (unpaired) electrons. The second kappa shape index (κ2) is 6.01. The van der Waals surface area contributed by atoms with E-state index in [2.05, 4.69) is 28.7 Å². The van der Waals surface area contributed by atoms with Crippen LogP contribution in [0, 0.1) is 21.8 Å². The molecule has 0 saturated carbocycles. The van der Waals surface area contributed by atoms with Gasteiger partial charge in [-0.3, -0.25) is 0 Å². The summed E-state index contributed by atoms with van der Waals surface area (Å²) in [5.41, 5.74) is 1.95. The minimum atomic E-state index is 0.756. The number of rotatable bonds is 0. The van der Waals surface area contributed by atoms with Gasteiger partial charge in [-0.25, -0.2) is 0 Å². The molecule has 0 aliphatic carbocycles. The lowest BCUT2D eigenvalue weighted by Crippen LogP contribution is -1.81. The maximum atomic E-state index is 8.55. The number of nitrogens with zero attached hydrogens (tertiary/aromatic N) is 1. The van der Waals surface area contributed by atoms with Gasteiger partial charge < -0.3 is 0 Å². The monoisotopic (exact) mass is 273 g/mol. The summed E-state index contributed by atoms with van der Waals surface area (Å²) in [4.78, 5) is 0. The first-order valence-corrected chi connectivity index (χ1v) is 4.98. The lowest BCUT2D eigenvalue weighted by atomic mass is 10.2. The van der Waals surface area contributed by atoms with Gasteiger partial charge in [0.25, 0.3) is 0 Å². The Bertz CT molecular complexity index is 286. The Morgan fingerprint density at radius 3 is 2.33 bits per heavy atom. The predicted molar refractivity (Wildman–Crippen MR) is 60.0 cm³/mol. The molecule has 0 aromatic heterocycles. The van der Waals surface area contributed by atoms with Crippen LogP contribution in [0.2, 0.25) is 0 Å². The Hall–Kier alpha value is -0.560. The van der Waals surface area contributed by atoms with Crippen molar-refractivity contribution in [1.82, 2.24) is 0 Å². The van der Waals surface area contributed by atoms with E-state index in [4.69, 9.17) is 5.26 Å². The van der Waals surface area contributed by atoms with Gasteiger partial charge in [-0.2, -0.15) is 5.26 Å². The third kappa shape index (κ3) is 3.22. The van der Waals surface area contributed by atoms with Gasteiger partial charge in [0.2, 0.25) is 0 Å². The molecule has 2 heteroatoms. The zero-order chi connectivity index (χ0) is 9.56. The first-order chi connectivity index (χ1) is 5.74. The van der Waals surface area contributed by atoms with E-state index in [1.165, 1.54) is 5.56 Å². The molecule has 0 aliphatic heterocycles. The zero-order valence-electron chi connectivity index (χ0n) is 7.56. The average Bonchev–Trinajstić information content (AvgIpc) is 2.08. The summed E-state index contributed by atoms with van der Waals surface area (Å²) in [5, 5.41) is 8.55. The molecule has 0 bridgehead atoms. The minimum absolute atomic E-state index is 0.756. The van der Waals surface area contributed by atoms with E-state index in [-0.39, 0.29) is 0 Å². The minimum Gasteiger partial charge on any atom is -0.192 e. The van der Waals surface area contributed by atoms with Crippen molar-refractivity contribution in [3.05, 3.63) is 32.9 Å². The lowest BCUT2D eigenvalue weighted by molar-refractivity contribution is 1.40. The van der Waals surface area contributed by atoms with E-state index in [1.807, 2.05) is 39.0 Å². The zero-order valence-corrected chi connectivity index (χ0v) is 9.71. The smallest absolute Gasteiger partial charge is 0.100 e. The van der Waals surface area contributed by atoms with Crippen molar-refractivity contribution in [2.24, 2.45) is 0 Å². The van der Waals surface area contributed by atoms with Crippen LogP contribution in [0.25, 0.3) is 0 Å². The molecular weight excluding hydrogens is 261 g/mol. The van der Waals surface area contributed by atoms with Gasteiger partial charge in [-0.1, -0.05) is 19.9 Å². The molecular formula is C10H12IN. The highest BCUT2D eigenvalue weighted by Crippen LogP contribution is 2.12. The van der Waals surface area contributed by atoms with E-state index in [0.29, 0.717) is 0 Å². The summed E-state index contributed by atoms with van der Waals surface area (Å²) in [6, 6.07) is 7.90. The Kier molecular flexibility index (Phi) is 5.73. The number of hydrogen-bond donors (Lipinski definition) is 0. The van der Waals surface area contributed by atoms with Gasteiger partial charge in [0, 0.05) is 3.57 Å². The molecule has 0 atom stereocenters. The molecule has 0 amide bonds. The van der Waals surface area contributed by atoms with Crippen molar-refractivity contribution in [3.63, 3.8) is 0 Å². The number of halogens is 1. The van der Waals surface area contributed by atoms with Crippen LogP contribution in [0.15, 0.2) is 18.2 Å². The highest BCUT2D eigenvalue weighted by atomic mass is 127. The van der Waals surface area contributed by atoms with Gasteiger partial charge in [0.1, 0.15) is 6.07 Å². The predicted octanol–water partition coefficient (Wildman–Crippen LogP) is 3.50. The van der Waals surface area contributed by atoms with Gasteiger partial charge in [-0.15, -0.1) is 0 Å². The second-order valence-corrected chi connectivity index (χ2v) is 3.26. The van der Waals surface area contributed by atoms with Crippen LogP contribution in [0.5, 0.6) is 0 Å². The van der Waals surface area contributed by atoms with Crippen LogP contribution in [0.1, 0.15) is 25.0 Å². The fraction of sp³-hybridized carbons (Fsp3) is 0.300. The van der Waals surface area contributed by atoms with Gasteiger partial charge in [0.05, 0.1) is 5.56 Å². The number of nitriles is 1. The molecule has 1 aromatic rings. The van der Waals surface area contributed by atoms with Crippen LogP contribution in [-0.4, -0.2) is 0 Å². The van der Waals surface area contributed by atoms with Crippen LogP contribution in [0.4, 0.5) is 0 Å². The normalized spacial score (nSPS) is 7.92. The molecule has 1 aromatic carbocycles. The number of benzene rings is 1. The SMILES string of the molecule is CC.Cc1ccc(C#N)c(I)c1. The van der Waals surface area contributed by atoms with Gasteiger partial charge in [0.15, 0.2) is 0 Å². The van der Waals surface area contributed by atoms with E-state index in [0.717, 1.165) is 9.13 Å². The van der Waals surface area contributed by atoms with Crippen LogP contribution < -0.4 is 0 Å². The molecule has 0 N–H and O–H groups in total. The Labute approximate surface area is 87.6 Å². The summed E-state index contributed by atoms with van der Waals surface area (Å²) in [6.07, 6.45) is 0. The maximum Gasteiger partial charge on any atom is 0.100 e. The van der Waals surface area contributed by atoms with Crippen molar-refractivity contribution >= 4 is 22.6 Å². The molecule has 1 nitrogen and oxygen atoms in total. The first kappa shape index (κ1) is 11.4. The topological polar surface area (TPSA) is 23.8 Å². The lowest BCUT2D eigenvalue weighted by Gasteiger charge is -1.94. The Morgan fingerprint density at radius 2 is 1.92 bits per heavy atom. The van der Waals surface area contributed by atoms with Crippen molar-refractivity contribution in [2.45, 2.75) is 20.8 Å². The Morgan fingerprint density at radius 1 is 1.33 bits per heavy atom. The maximum absolute atomic E-state index is 8.55. The van der Waals surface area contributed by atoms with Crippen LogP contribution in [-0.2, 0) is 0 Å². The molecule has 64 valence electrons. The Balaban J connectivity index is 0.000000561. The summed E-state index contributed by atoms with van der Waals surface area (Å²) in [6.45, 7) is 6.02. The standard InChI is InChI=1S/C8H6IN.C2H6/c1-6-2-3-7(5-10)8(9)4-6;1-2/h2-4H,1H3;1-2H3.